The number of anilines is 1. The first-order valence-corrected chi connectivity index (χ1v) is 8.28. The van der Waals surface area contributed by atoms with E-state index >= 15 is 0 Å². The van der Waals surface area contributed by atoms with Crippen LogP contribution in [0.3, 0.4) is 0 Å². The van der Waals surface area contributed by atoms with Crippen molar-refractivity contribution in [3.63, 3.8) is 0 Å². The highest BCUT2D eigenvalue weighted by molar-refractivity contribution is 6.75. The van der Waals surface area contributed by atoms with E-state index in [2.05, 4.69) is 25.9 Å². The molecule has 0 aliphatic carbocycles. The zero-order valence-electron chi connectivity index (χ0n) is 12.9. The molecule has 9 nitrogen and oxygen atoms in total. The van der Waals surface area contributed by atoms with Gasteiger partial charge in [0.1, 0.15) is 11.6 Å². The molecule has 120 valence electrons. The van der Waals surface area contributed by atoms with Gasteiger partial charge in [0, 0.05) is 38.4 Å². The summed E-state index contributed by atoms with van der Waals surface area (Å²) in [5, 5.41) is 26.2. The smallest absolute Gasteiger partial charge is 0.373 e. The fourth-order valence-electron chi connectivity index (χ4n) is 1.95. The Balaban J connectivity index is 2.16. The number of nitrogens with one attached hydrogen (secondary N) is 2. The zero-order chi connectivity index (χ0) is 16.7. The summed E-state index contributed by atoms with van der Waals surface area (Å²) in [6.07, 6.45) is 1.51. The van der Waals surface area contributed by atoms with Crippen LogP contribution in [0.5, 0.6) is 0 Å². The summed E-state index contributed by atoms with van der Waals surface area (Å²) in [6.45, 7) is 0. The molecule has 2 aromatic rings. The standard InChI is InChI=1S/C13H16N6O3Si/c1-20-23(21-2,22-3)12-6-4-11(5-7-12)15-9-10(8-14)13-16-18-19-17-13/h4-7,9,15H,1-3H3,(H,16,17,18,19). The van der Waals surface area contributed by atoms with Gasteiger partial charge in [-0.3, -0.25) is 0 Å². The van der Waals surface area contributed by atoms with Crippen LogP contribution in [0.15, 0.2) is 30.5 Å². The van der Waals surface area contributed by atoms with Crippen LogP contribution in [0.2, 0.25) is 0 Å². The van der Waals surface area contributed by atoms with Crippen molar-refractivity contribution in [2.45, 2.75) is 0 Å². The van der Waals surface area contributed by atoms with E-state index in [0.29, 0.717) is 0 Å². The molecule has 0 bridgehead atoms. The molecule has 0 fully saturated rings. The monoisotopic (exact) mass is 332 g/mol. The SMILES string of the molecule is CO[Si](OC)(OC)c1ccc(NC=C(C#N)c2nn[nH]n2)cc1. The predicted molar refractivity (Wildman–Crippen MR) is 84.2 cm³/mol. The quantitative estimate of drug-likeness (QED) is 0.547. The van der Waals surface area contributed by atoms with Gasteiger partial charge in [-0.25, -0.2) is 0 Å². The van der Waals surface area contributed by atoms with E-state index in [1.165, 1.54) is 6.20 Å². The van der Waals surface area contributed by atoms with E-state index in [1.807, 2.05) is 30.3 Å². The van der Waals surface area contributed by atoms with Crippen molar-refractivity contribution < 1.29 is 13.3 Å². The molecule has 0 amide bonds. The largest absolute Gasteiger partial charge is 0.536 e. The van der Waals surface area contributed by atoms with Crippen molar-refractivity contribution in [3.8, 4) is 6.07 Å². The topological polar surface area (TPSA) is 118 Å². The highest BCUT2D eigenvalue weighted by Gasteiger charge is 2.40. The van der Waals surface area contributed by atoms with Crippen LogP contribution in [-0.2, 0) is 13.3 Å². The van der Waals surface area contributed by atoms with Crippen LogP contribution < -0.4 is 10.5 Å². The van der Waals surface area contributed by atoms with Crippen LogP contribution in [0.4, 0.5) is 5.69 Å². The van der Waals surface area contributed by atoms with Gasteiger partial charge >= 0.3 is 8.80 Å². The zero-order valence-corrected chi connectivity index (χ0v) is 13.9. The van der Waals surface area contributed by atoms with Crippen molar-refractivity contribution in [1.82, 2.24) is 20.6 Å². The van der Waals surface area contributed by atoms with Crippen molar-refractivity contribution in [2.24, 2.45) is 0 Å². The first kappa shape index (κ1) is 16.8. The Morgan fingerprint density at radius 1 is 1.22 bits per heavy atom. The molecular weight excluding hydrogens is 316 g/mol. The molecule has 1 aromatic carbocycles. The summed E-state index contributed by atoms with van der Waals surface area (Å²) in [6, 6.07) is 9.35. The lowest BCUT2D eigenvalue weighted by atomic mass is 10.3. The lowest BCUT2D eigenvalue weighted by Gasteiger charge is -2.24. The minimum Gasteiger partial charge on any atom is -0.373 e. The molecule has 0 saturated carbocycles. The number of allylic oxidation sites excluding steroid dienone is 1. The number of hydrogen-bond donors (Lipinski definition) is 2. The second-order valence-corrected chi connectivity index (χ2v) is 7.21. The minimum atomic E-state index is -2.84. The minimum absolute atomic E-state index is 0.223. The summed E-state index contributed by atoms with van der Waals surface area (Å²) in [5.41, 5.74) is 1.04. The Morgan fingerprint density at radius 3 is 2.35 bits per heavy atom. The predicted octanol–water partition coefficient (Wildman–Crippen LogP) is 0.261. The molecule has 10 heteroatoms. The van der Waals surface area contributed by atoms with Gasteiger partial charge in [0.05, 0.1) is 0 Å². The molecule has 0 aliphatic heterocycles. The molecular formula is C13H16N6O3Si. The van der Waals surface area contributed by atoms with Gasteiger partial charge in [-0.2, -0.15) is 10.5 Å². The average molecular weight is 332 g/mol. The molecule has 0 atom stereocenters. The number of aromatic nitrogens is 4. The number of hydrogen-bond acceptors (Lipinski definition) is 8. The molecule has 1 heterocycles. The van der Waals surface area contributed by atoms with E-state index < -0.39 is 8.80 Å². The molecule has 2 rings (SSSR count). The summed E-state index contributed by atoms with van der Waals surface area (Å²) in [7, 11) is 1.82. The molecule has 0 radical (unpaired) electrons. The number of tetrazole rings is 1. The van der Waals surface area contributed by atoms with Gasteiger partial charge in [-0.15, -0.1) is 10.2 Å². The number of nitriles is 1. The lowest BCUT2D eigenvalue weighted by molar-refractivity contribution is 0.140. The fourth-order valence-corrected chi connectivity index (χ4v) is 3.73. The van der Waals surface area contributed by atoms with Crippen molar-refractivity contribution in [1.29, 1.82) is 5.26 Å². The van der Waals surface area contributed by atoms with E-state index in [-0.39, 0.29) is 11.4 Å². The maximum atomic E-state index is 9.10. The summed E-state index contributed by atoms with van der Waals surface area (Å²) >= 11 is 0. The third-order valence-electron chi connectivity index (χ3n) is 3.13. The van der Waals surface area contributed by atoms with Crippen molar-refractivity contribution in [2.75, 3.05) is 26.6 Å². The van der Waals surface area contributed by atoms with Gasteiger partial charge in [0.15, 0.2) is 0 Å². The molecule has 2 N–H and O–H groups in total. The Hall–Kier alpha value is -2.58. The number of nitrogens with zero attached hydrogens (tertiary/aromatic N) is 4. The Bertz CT molecular complexity index is 683. The number of rotatable bonds is 7. The van der Waals surface area contributed by atoms with Crippen LogP contribution >= 0.6 is 0 Å². The normalized spacial score (nSPS) is 12.0. The molecule has 0 saturated heterocycles. The first-order chi connectivity index (χ1) is 11.2. The van der Waals surface area contributed by atoms with Crippen LogP contribution in [0, 0.1) is 11.3 Å². The van der Waals surface area contributed by atoms with E-state index in [1.54, 1.807) is 21.3 Å². The van der Waals surface area contributed by atoms with Gasteiger partial charge in [0.25, 0.3) is 0 Å². The number of H-pyrrole nitrogens is 1. The third kappa shape index (κ3) is 3.61. The number of benzene rings is 1. The van der Waals surface area contributed by atoms with Gasteiger partial charge in [-0.1, -0.05) is 12.1 Å². The molecule has 0 aliphatic rings. The van der Waals surface area contributed by atoms with Crippen LogP contribution in [-0.4, -0.2) is 50.8 Å². The van der Waals surface area contributed by atoms with Gasteiger partial charge < -0.3 is 18.6 Å². The maximum absolute atomic E-state index is 9.10. The fraction of sp³-hybridized carbons (Fsp3) is 0.231. The number of aromatic amines is 1. The third-order valence-corrected chi connectivity index (χ3v) is 5.79. The molecule has 23 heavy (non-hydrogen) atoms. The summed E-state index contributed by atoms with van der Waals surface area (Å²) in [5.74, 6) is 0.223. The van der Waals surface area contributed by atoms with Crippen LogP contribution in [0.1, 0.15) is 5.82 Å². The van der Waals surface area contributed by atoms with E-state index in [9.17, 15) is 0 Å². The molecule has 0 spiro atoms. The van der Waals surface area contributed by atoms with Gasteiger partial charge in [0.2, 0.25) is 5.82 Å². The van der Waals surface area contributed by atoms with E-state index in [4.69, 9.17) is 18.5 Å². The van der Waals surface area contributed by atoms with Crippen LogP contribution in [0.25, 0.3) is 5.57 Å². The summed E-state index contributed by atoms with van der Waals surface area (Å²) < 4.78 is 16.3. The average Bonchev–Trinajstić information content (AvgIpc) is 3.13. The maximum Gasteiger partial charge on any atom is 0.536 e. The summed E-state index contributed by atoms with van der Waals surface area (Å²) in [4.78, 5) is 0. The second kappa shape index (κ2) is 7.61. The Kier molecular flexibility index (Phi) is 5.55. The highest BCUT2D eigenvalue weighted by atomic mass is 28.4. The van der Waals surface area contributed by atoms with Gasteiger partial charge in [-0.05, 0) is 17.3 Å². The van der Waals surface area contributed by atoms with E-state index in [0.717, 1.165) is 10.9 Å². The highest BCUT2D eigenvalue weighted by Crippen LogP contribution is 2.12. The Morgan fingerprint density at radius 2 is 1.87 bits per heavy atom. The molecule has 1 aromatic heterocycles. The Labute approximate surface area is 134 Å². The van der Waals surface area contributed by atoms with Crippen molar-refractivity contribution >= 4 is 25.3 Å². The molecule has 0 unspecified atom stereocenters. The second-order valence-electron chi connectivity index (χ2n) is 4.30. The first-order valence-electron chi connectivity index (χ1n) is 6.55. The lowest BCUT2D eigenvalue weighted by Crippen LogP contribution is -2.54. The van der Waals surface area contributed by atoms with Crippen molar-refractivity contribution in [3.05, 3.63) is 36.3 Å².